The van der Waals surface area contributed by atoms with E-state index in [0.29, 0.717) is 28.8 Å². The van der Waals surface area contributed by atoms with Crippen molar-refractivity contribution in [1.82, 2.24) is 34.5 Å². The second-order valence-electron chi connectivity index (χ2n) is 9.58. The summed E-state index contributed by atoms with van der Waals surface area (Å²) in [6, 6.07) is 7.95. The highest BCUT2D eigenvalue weighted by molar-refractivity contribution is 6.11. The summed E-state index contributed by atoms with van der Waals surface area (Å²) < 4.78 is 43.1. The van der Waals surface area contributed by atoms with Crippen LogP contribution in [0.2, 0.25) is 0 Å². The number of amides is 1. The molecule has 5 aromatic rings. The molecular weight excluding hydrogens is 539 g/mol. The molecule has 0 saturated carbocycles. The number of alkyl halides is 3. The maximum absolute atomic E-state index is 13.4. The van der Waals surface area contributed by atoms with Crippen molar-refractivity contribution in [1.29, 1.82) is 0 Å². The van der Waals surface area contributed by atoms with Crippen molar-refractivity contribution in [3.8, 4) is 11.3 Å². The Balaban J connectivity index is 1.44. The highest BCUT2D eigenvalue weighted by atomic mass is 19.4. The lowest BCUT2D eigenvalue weighted by molar-refractivity contribution is -0.137. The van der Waals surface area contributed by atoms with Crippen molar-refractivity contribution in [2.45, 2.75) is 38.0 Å². The lowest BCUT2D eigenvalue weighted by atomic mass is 9.93. The van der Waals surface area contributed by atoms with Crippen LogP contribution in [0.25, 0.3) is 22.3 Å². The van der Waals surface area contributed by atoms with Crippen LogP contribution in [-0.2, 0) is 19.1 Å². The van der Waals surface area contributed by atoms with Gasteiger partial charge in [0.25, 0.3) is 5.91 Å². The summed E-state index contributed by atoms with van der Waals surface area (Å²) in [5.41, 5.74) is 8.73. The van der Waals surface area contributed by atoms with Gasteiger partial charge >= 0.3 is 6.18 Å². The second kappa shape index (κ2) is 10.3. The van der Waals surface area contributed by atoms with Crippen molar-refractivity contribution in [2.75, 3.05) is 17.7 Å². The Morgan fingerprint density at radius 3 is 2.80 bits per heavy atom. The van der Waals surface area contributed by atoms with Crippen LogP contribution in [0.5, 0.6) is 0 Å². The van der Waals surface area contributed by atoms with Gasteiger partial charge in [-0.05, 0) is 37.5 Å². The standard InChI is InChI=1S/C27H24F3N9O2/c28-27(29,30)15-8-9-32-21(12-15)36-26(41)17-5-2-1-4-16(17)23-22-24(31)33-14-34-25(22)39(37-23)20-7-3-6-19-18(20)13-35-38(19)10-11-40/h1-2,4-5,8-9,12-14,20,40H,3,6-7,10-11H2,(H2,31,33,34)(H,32,36,41). The highest BCUT2D eigenvalue weighted by Crippen LogP contribution is 2.39. The Hall–Kier alpha value is -4.85. The van der Waals surface area contributed by atoms with E-state index < -0.39 is 17.6 Å². The predicted molar refractivity (Wildman–Crippen MR) is 143 cm³/mol. The Morgan fingerprint density at radius 1 is 1.17 bits per heavy atom. The minimum Gasteiger partial charge on any atom is -0.394 e. The van der Waals surface area contributed by atoms with Crippen molar-refractivity contribution in [2.24, 2.45) is 0 Å². The number of nitrogens with one attached hydrogen (secondary N) is 1. The third kappa shape index (κ3) is 4.75. The lowest BCUT2D eigenvalue weighted by Gasteiger charge is -2.24. The van der Waals surface area contributed by atoms with Crippen molar-refractivity contribution < 1.29 is 23.1 Å². The summed E-state index contributed by atoms with van der Waals surface area (Å²) in [6.07, 6.45) is 1.93. The second-order valence-corrected chi connectivity index (χ2v) is 9.58. The fourth-order valence-electron chi connectivity index (χ4n) is 5.28. The molecule has 11 nitrogen and oxygen atoms in total. The Bertz CT molecular complexity index is 1760. The van der Waals surface area contributed by atoms with Crippen LogP contribution >= 0.6 is 0 Å². The van der Waals surface area contributed by atoms with Gasteiger partial charge in [-0.2, -0.15) is 23.4 Å². The van der Waals surface area contributed by atoms with E-state index in [1.165, 1.54) is 6.33 Å². The number of hydrogen-bond donors (Lipinski definition) is 3. The molecule has 1 unspecified atom stereocenters. The smallest absolute Gasteiger partial charge is 0.394 e. The molecule has 0 saturated heterocycles. The van der Waals surface area contributed by atoms with E-state index in [1.807, 2.05) is 0 Å². The quantitative estimate of drug-likeness (QED) is 0.282. The minimum atomic E-state index is -4.59. The third-order valence-electron chi connectivity index (χ3n) is 7.11. The zero-order chi connectivity index (χ0) is 28.7. The van der Waals surface area contributed by atoms with Crippen molar-refractivity contribution in [3.63, 3.8) is 0 Å². The molecule has 210 valence electrons. The van der Waals surface area contributed by atoms with Gasteiger partial charge in [-0.1, -0.05) is 18.2 Å². The number of fused-ring (bicyclic) bond motifs is 2. The molecule has 0 bridgehead atoms. The first-order valence-corrected chi connectivity index (χ1v) is 12.8. The van der Waals surface area contributed by atoms with Gasteiger partial charge in [0.05, 0.1) is 36.3 Å². The first kappa shape index (κ1) is 26.4. The number of hydrogen-bond acceptors (Lipinski definition) is 8. The molecule has 6 rings (SSSR count). The summed E-state index contributed by atoms with van der Waals surface area (Å²) in [6.45, 7) is 0.345. The Labute approximate surface area is 230 Å². The average molecular weight is 564 g/mol. The number of halogens is 3. The van der Waals surface area contributed by atoms with Crippen LogP contribution in [0.3, 0.4) is 0 Å². The van der Waals surface area contributed by atoms with Crippen molar-refractivity contribution >= 4 is 28.6 Å². The van der Waals surface area contributed by atoms with E-state index in [9.17, 15) is 23.1 Å². The summed E-state index contributed by atoms with van der Waals surface area (Å²) in [4.78, 5) is 25.9. The molecule has 4 heterocycles. The monoisotopic (exact) mass is 563 g/mol. The largest absolute Gasteiger partial charge is 0.416 e. The van der Waals surface area contributed by atoms with E-state index in [2.05, 4.69) is 25.4 Å². The van der Waals surface area contributed by atoms with Crippen LogP contribution in [0.4, 0.5) is 24.8 Å². The number of nitrogens with two attached hydrogens (primary N) is 1. The predicted octanol–water partition coefficient (Wildman–Crippen LogP) is 3.86. The molecule has 0 fully saturated rings. The summed E-state index contributed by atoms with van der Waals surface area (Å²) >= 11 is 0. The zero-order valence-electron chi connectivity index (χ0n) is 21.5. The number of rotatable bonds is 6. The van der Waals surface area contributed by atoms with Gasteiger partial charge in [0, 0.05) is 28.6 Å². The van der Waals surface area contributed by atoms with Crippen molar-refractivity contribution in [3.05, 3.63) is 77.5 Å². The van der Waals surface area contributed by atoms with Gasteiger partial charge in [0.1, 0.15) is 23.7 Å². The molecule has 0 aliphatic heterocycles. The molecule has 0 spiro atoms. The molecule has 1 amide bonds. The first-order valence-electron chi connectivity index (χ1n) is 12.8. The van der Waals surface area contributed by atoms with Crippen LogP contribution in [-0.4, -0.2) is 52.1 Å². The van der Waals surface area contributed by atoms with Crippen LogP contribution < -0.4 is 11.1 Å². The van der Waals surface area contributed by atoms with E-state index in [4.69, 9.17) is 10.8 Å². The summed E-state index contributed by atoms with van der Waals surface area (Å²) in [5, 5.41) is 21.7. The van der Waals surface area contributed by atoms with Gasteiger partial charge in [-0.15, -0.1) is 0 Å². The van der Waals surface area contributed by atoms with Gasteiger partial charge in [0.15, 0.2) is 5.65 Å². The Morgan fingerprint density at radius 2 is 2.00 bits per heavy atom. The number of anilines is 2. The van der Waals surface area contributed by atoms with E-state index in [0.717, 1.165) is 48.8 Å². The van der Waals surface area contributed by atoms with E-state index in [1.54, 1.807) is 39.8 Å². The number of aliphatic hydroxyl groups is 1. The van der Waals surface area contributed by atoms with Crippen LogP contribution in [0.15, 0.2) is 55.1 Å². The number of benzene rings is 1. The number of nitrogens with zero attached hydrogens (tertiary/aromatic N) is 7. The van der Waals surface area contributed by atoms with Gasteiger partial charge in [-0.3, -0.25) is 9.48 Å². The molecular formula is C27H24F3N9O2. The number of aliphatic hydroxyl groups excluding tert-OH is 1. The van der Waals surface area contributed by atoms with Gasteiger partial charge < -0.3 is 16.2 Å². The lowest BCUT2D eigenvalue weighted by Crippen LogP contribution is -2.20. The molecule has 1 aliphatic carbocycles. The van der Waals surface area contributed by atoms with Gasteiger partial charge in [0.2, 0.25) is 0 Å². The number of pyridine rings is 1. The fraction of sp³-hybridized carbons (Fsp3) is 0.259. The SMILES string of the molecule is Nc1ncnc2c1c(-c1ccccc1C(=O)Nc1cc(C(F)(F)F)ccn1)nn2C1CCCc2c1cnn2CCO. The van der Waals surface area contributed by atoms with Gasteiger partial charge in [-0.25, -0.2) is 19.6 Å². The molecule has 1 aromatic carbocycles. The minimum absolute atomic E-state index is 0.0355. The fourth-order valence-corrected chi connectivity index (χ4v) is 5.28. The maximum Gasteiger partial charge on any atom is 0.416 e. The normalized spacial score (nSPS) is 15.2. The highest BCUT2D eigenvalue weighted by Gasteiger charge is 2.32. The third-order valence-corrected chi connectivity index (χ3v) is 7.11. The number of aromatic nitrogens is 7. The molecule has 4 aromatic heterocycles. The topological polar surface area (TPSA) is 150 Å². The average Bonchev–Trinajstić information content (AvgIpc) is 3.56. The van der Waals surface area contributed by atoms with Crippen LogP contribution in [0.1, 0.15) is 46.1 Å². The maximum atomic E-state index is 13.4. The van der Waals surface area contributed by atoms with E-state index in [-0.39, 0.29) is 29.8 Å². The molecule has 14 heteroatoms. The molecule has 4 N–H and O–H groups in total. The zero-order valence-corrected chi connectivity index (χ0v) is 21.5. The molecule has 0 radical (unpaired) electrons. The number of carbonyl (C=O) groups is 1. The molecule has 1 atom stereocenters. The Kier molecular flexibility index (Phi) is 6.61. The molecule has 1 aliphatic rings. The first-order chi connectivity index (χ1) is 19.8. The summed E-state index contributed by atoms with van der Waals surface area (Å²) in [7, 11) is 0. The number of nitrogen functional groups attached to an aromatic ring is 1. The van der Waals surface area contributed by atoms with E-state index >= 15 is 0 Å². The molecule has 41 heavy (non-hydrogen) atoms. The summed E-state index contributed by atoms with van der Waals surface area (Å²) in [5.74, 6) is -0.749. The number of carbonyl (C=O) groups excluding carboxylic acids is 1. The van der Waals surface area contributed by atoms with Crippen LogP contribution in [0, 0.1) is 0 Å².